The van der Waals surface area contributed by atoms with Crippen molar-refractivity contribution in [2.75, 3.05) is 14.2 Å². The molecule has 35 heavy (non-hydrogen) atoms. The van der Waals surface area contributed by atoms with E-state index in [-0.39, 0.29) is 0 Å². The second-order valence-corrected chi connectivity index (χ2v) is 21.4. The molecular weight excluding hydrogens is 575 g/mol. The van der Waals surface area contributed by atoms with E-state index < -0.39 is 18.4 Å². The molecule has 0 amide bonds. The van der Waals surface area contributed by atoms with Crippen LogP contribution in [0.5, 0.6) is 11.5 Å². The van der Waals surface area contributed by atoms with Crippen molar-refractivity contribution in [3.63, 3.8) is 0 Å². The molecule has 3 heterocycles. The molecule has 0 bridgehead atoms. The Morgan fingerprint density at radius 2 is 1.03 bits per heavy atom. The van der Waals surface area contributed by atoms with E-state index in [1.165, 1.54) is 42.6 Å². The third-order valence-electron chi connectivity index (χ3n) is 7.40. The summed E-state index contributed by atoms with van der Waals surface area (Å²) < 4.78 is 17.5. The minimum absolute atomic E-state index is 0.913. The van der Waals surface area contributed by atoms with Crippen LogP contribution >= 0.6 is 22.7 Å². The van der Waals surface area contributed by atoms with Gasteiger partial charge in [-0.1, -0.05) is 0 Å². The quantitative estimate of drug-likeness (QED) is 0.222. The number of hydrogen-bond donors (Lipinski definition) is 0. The van der Waals surface area contributed by atoms with Gasteiger partial charge >= 0.3 is 221 Å². The van der Waals surface area contributed by atoms with Crippen LogP contribution in [-0.4, -0.2) is 32.6 Å². The Morgan fingerprint density at radius 3 is 1.37 bits per heavy atom. The van der Waals surface area contributed by atoms with E-state index in [0.29, 0.717) is 0 Å². The van der Waals surface area contributed by atoms with E-state index in [9.17, 15) is 0 Å². The van der Waals surface area contributed by atoms with Crippen molar-refractivity contribution in [2.45, 2.75) is 25.7 Å². The van der Waals surface area contributed by atoms with Crippen molar-refractivity contribution in [1.82, 2.24) is 0 Å². The molecule has 4 aromatic rings. The van der Waals surface area contributed by atoms with Crippen molar-refractivity contribution in [2.24, 2.45) is 0 Å². The van der Waals surface area contributed by atoms with Gasteiger partial charge in [-0.05, 0) is 0 Å². The third-order valence-corrected chi connectivity index (χ3v) is 24.6. The van der Waals surface area contributed by atoms with Crippen molar-refractivity contribution < 1.29 is 9.47 Å². The Bertz CT molecular complexity index is 1270. The van der Waals surface area contributed by atoms with Gasteiger partial charge in [0.2, 0.25) is 0 Å². The monoisotopic (exact) mass is 604 g/mol. The number of allylic oxidation sites excluding steroid dienone is 2. The fourth-order valence-electron chi connectivity index (χ4n) is 5.97. The van der Waals surface area contributed by atoms with Crippen LogP contribution in [0.4, 0.5) is 0 Å². The van der Waals surface area contributed by atoms with Crippen LogP contribution < -0.4 is 16.6 Å². The van der Waals surface area contributed by atoms with Crippen LogP contribution in [0.3, 0.4) is 0 Å². The van der Waals surface area contributed by atoms with Crippen LogP contribution in [0.25, 0.3) is 7.18 Å². The summed E-state index contributed by atoms with van der Waals surface area (Å²) in [6.07, 6.45) is 4.92. The first kappa shape index (κ1) is 23.1. The van der Waals surface area contributed by atoms with E-state index in [4.69, 9.17) is 9.47 Å². The average Bonchev–Trinajstić information content (AvgIpc) is 3.68. The summed E-state index contributed by atoms with van der Waals surface area (Å²) in [6.45, 7) is 0. The summed E-state index contributed by atoms with van der Waals surface area (Å²) in [5.74, 6) is 1.83. The molecule has 0 unspecified atom stereocenters. The number of rotatable bonds is 6. The Balaban J connectivity index is 1.75. The molecule has 0 spiro atoms. The molecular formula is C30H28O2S2Sn. The second kappa shape index (κ2) is 9.64. The topological polar surface area (TPSA) is 18.5 Å². The zero-order chi connectivity index (χ0) is 23.8. The number of methoxy groups -OCH3 is 2. The molecule has 0 N–H and O–H groups in total. The van der Waals surface area contributed by atoms with Crippen LogP contribution in [0, 0.1) is 0 Å². The zero-order valence-corrected chi connectivity index (χ0v) is 24.5. The molecule has 2 nitrogen and oxygen atoms in total. The molecule has 2 aromatic heterocycles. The Labute approximate surface area is 219 Å². The first-order valence-electron chi connectivity index (χ1n) is 12.1. The number of benzene rings is 2. The van der Waals surface area contributed by atoms with Gasteiger partial charge in [0.25, 0.3) is 0 Å². The molecule has 5 heteroatoms. The predicted molar refractivity (Wildman–Crippen MR) is 152 cm³/mol. The van der Waals surface area contributed by atoms with E-state index in [2.05, 4.69) is 83.6 Å². The maximum atomic E-state index is 5.58. The molecule has 0 radical (unpaired) electrons. The van der Waals surface area contributed by atoms with Gasteiger partial charge in [0, 0.05) is 0 Å². The van der Waals surface area contributed by atoms with Crippen LogP contribution in [0.15, 0.2) is 94.7 Å². The van der Waals surface area contributed by atoms with Gasteiger partial charge in [-0.2, -0.15) is 0 Å². The molecule has 0 atom stereocenters. The second-order valence-electron chi connectivity index (χ2n) is 9.08. The average molecular weight is 603 g/mol. The summed E-state index contributed by atoms with van der Waals surface area (Å²) in [5.41, 5.74) is 3.29. The van der Waals surface area contributed by atoms with Crippen LogP contribution in [0.1, 0.15) is 35.4 Å². The van der Waals surface area contributed by atoms with Gasteiger partial charge < -0.3 is 0 Å². The summed E-state index contributed by atoms with van der Waals surface area (Å²) in [4.78, 5) is 2.90. The predicted octanol–water partition coefficient (Wildman–Crippen LogP) is 6.96. The summed E-state index contributed by atoms with van der Waals surface area (Å²) in [5, 5.41) is 4.49. The Kier molecular flexibility index (Phi) is 6.37. The van der Waals surface area contributed by atoms with E-state index in [0.717, 1.165) is 11.5 Å². The first-order valence-corrected chi connectivity index (χ1v) is 19.6. The molecule has 1 saturated carbocycles. The van der Waals surface area contributed by atoms with E-state index in [1.807, 2.05) is 22.7 Å². The minimum atomic E-state index is -3.70. The van der Waals surface area contributed by atoms with Gasteiger partial charge in [0.15, 0.2) is 0 Å². The number of hydrogen-bond acceptors (Lipinski definition) is 4. The molecule has 176 valence electrons. The van der Waals surface area contributed by atoms with Crippen LogP contribution in [0.2, 0.25) is 0 Å². The Hall–Kier alpha value is -2.28. The fraction of sp³-hybridized carbons (Fsp3) is 0.200. The number of ether oxygens (including phenoxy) is 2. The molecule has 0 saturated heterocycles. The molecule has 1 fully saturated rings. The van der Waals surface area contributed by atoms with Crippen LogP contribution in [-0.2, 0) is 0 Å². The van der Waals surface area contributed by atoms with Gasteiger partial charge in [0.1, 0.15) is 0 Å². The summed E-state index contributed by atoms with van der Waals surface area (Å²) in [7, 11) is 3.50. The van der Waals surface area contributed by atoms with E-state index >= 15 is 0 Å². The fourth-order valence-corrected chi connectivity index (χ4v) is 25.9. The van der Waals surface area contributed by atoms with Crippen molar-refractivity contribution >= 4 is 55.4 Å². The van der Waals surface area contributed by atoms with Crippen molar-refractivity contribution in [1.29, 1.82) is 0 Å². The SMILES string of the molecule is COc1cc[c]([Sn]2([c]3ccc(OC)cc3)[C](c3cccs3)=C3CCCCC3=[C]2c2cccs2)cc1. The Morgan fingerprint density at radius 1 is 0.600 bits per heavy atom. The van der Waals surface area contributed by atoms with E-state index in [1.54, 1.807) is 32.5 Å². The van der Waals surface area contributed by atoms with Gasteiger partial charge in [-0.25, -0.2) is 0 Å². The molecule has 2 aromatic carbocycles. The van der Waals surface area contributed by atoms with Gasteiger partial charge in [-0.15, -0.1) is 0 Å². The van der Waals surface area contributed by atoms with Gasteiger partial charge in [-0.3, -0.25) is 0 Å². The molecule has 1 aliphatic carbocycles. The summed E-state index contributed by atoms with van der Waals surface area (Å²) >= 11 is 0.107. The first-order chi connectivity index (χ1) is 17.3. The summed E-state index contributed by atoms with van der Waals surface area (Å²) in [6, 6.07) is 27.2. The standard InChI is InChI=1S/C16H14S2.2C7H7O.Sn/c1-2-6-14(12-16-8-4-10-18-16)13(5-1)11-15-7-3-9-17-15;2*1-8-7-5-3-2-4-6-7;/h3-4,7-10H,1-2,5-6H2;2*3-6H,1H3;. The van der Waals surface area contributed by atoms with Crippen molar-refractivity contribution in [3.05, 3.63) is 104 Å². The molecule has 6 rings (SSSR count). The van der Waals surface area contributed by atoms with Gasteiger partial charge in [0.05, 0.1) is 0 Å². The molecule has 2 aliphatic rings. The zero-order valence-electron chi connectivity index (χ0n) is 20.0. The van der Waals surface area contributed by atoms with Crippen molar-refractivity contribution in [3.8, 4) is 11.5 Å². The molecule has 1 aliphatic heterocycles. The normalized spacial score (nSPS) is 17.0. The number of thiophene rings is 2. The maximum absolute atomic E-state index is 5.58. The third kappa shape index (κ3) is 3.73. The number of fused-ring (bicyclic) bond motifs is 1.